The Labute approximate surface area is 117 Å². The highest BCUT2D eigenvalue weighted by atomic mass is 19.1. The Morgan fingerprint density at radius 3 is 2.40 bits per heavy atom. The number of amides is 1. The Morgan fingerprint density at radius 1 is 1.20 bits per heavy atom. The maximum Gasteiger partial charge on any atom is 0.260 e. The molecule has 0 saturated carbocycles. The fraction of sp³-hybridized carbons (Fsp3) is 0.188. The first-order valence-electron chi connectivity index (χ1n) is 6.46. The Balaban J connectivity index is 2.36. The number of benzene rings is 2. The van der Waals surface area contributed by atoms with Crippen LogP contribution in [0.5, 0.6) is 0 Å². The molecule has 0 aliphatic heterocycles. The van der Waals surface area contributed by atoms with Gasteiger partial charge in [-0.3, -0.25) is 4.79 Å². The molecule has 0 heterocycles. The van der Waals surface area contributed by atoms with Gasteiger partial charge in [-0.25, -0.2) is 4.39 Å². The van der Waals surface area contributed by atoms with Crippen molar-refractivity contribution in [2.24, 2.45) is 0 Å². The highest BCUT2D eigenvalue weighted by molar-refractivity contribution is 6.09. The summed E-state index contributed by atoms with van der Waals surface area (Å²) in [6, 6.07) is 11.5. The van der Waals surface area contributed by atoms with Crippen molar-refractivity contribution in [3.63, 3.8) is 0 Å². The summed E-state index contributed by atoms with van der Waals surface area (Å²) >= 11 is 0. The van der Waals surface area contributed by atoms with E-state index < -0.39 is 5.82 Å². The van der Waals surface area contributed by atoms with Crippen LogP contribution in [-0.4, -0.2) is 12.5 Å². The van der Waals surface area contributed by atoms with Crippen molar-refractivity contribution in [3.05, 3.63) is 59.4 Å². The predicted octanol–water partition coefficient (Wildman–Crippen LogP) is 3.38. The van der Waals surface area contributed by atoms with Crippen molar-refractivity contribution in [1.82, 2.24) is 0 Å². The molecule has 0 aliphatic carbocycles. The zero-order chi connectivity index (χ0) is 14.7. The topological polar surface area (TPSA) is 46.3 Å². The molecule has 2 rings (SSSR count). The second-order valence-corrected chi connectivity index (χ2v) is 4.62. The largest absolute Gasteiger partial charge is 0.398 e. The molecule has 2 aromatic carbocycles. The molecule has 0 atom stereocenters. The lowest BCUT2D eigenvalue weighted by molar-refractivity contribution is 0.0989. The molecular weight excluding hydrogens is 255 g/mol. The number of carbonyl (C=O) groups excluding carboxylic acids is 1. The number of anilines is 2. The lowest BCUT2D eigenvalue weighted by atomic mass is 10.1. The van der Waals surface area contributed by atoms with Gasteiger partial charge in [0.1, 0.15) is 5.82 Å². The normalized spacial score (nSPS) is 10.3. The molecule has 0 aliphatic rings. The van der Waals surface area contributed by atoms with Crippen LogP contribution >= 0.6 is 0 Å². The number of carbonyl (C=O) groups is 1. The lowest BCUT2D eigenvalue weighted by Crippen LogP contribution is -2.31. The molecule has 4 heteroatoms. The molecule has 0 aromatic heterocycles. The van der Waals surface area contributed by atoms with Crippen LogP contribution in [0.2, 0.25) is 0 Å². The zero-order valence-corrected chi connectivity index (χ0v) is 11.6. The number of rotatable bonds is 3. The number of nitrogens with two attached hydrogens (primary N) is 1. The third-order valence-electron chi connectivity index (χ3n) is 3.15. The summed E-state index contributed by atoms with van der Waals surface area (Å²) in [7, 11) is 0. The van der Waals surface area contributed by atoms with Gasteiger partial charge >= 0.3 is 0 Å². The van der Waals surface area contributed by atoms with Crippen molar-refractivity contribution < 1.29 is 9.18 Å². The third-order valence-corrected chi connectivity index (χ3v) is 3.15. The van der Waals surface area contributed by atoms with Crippen LogP contribution in [0.1, 0.15) is 22.8 Å². The van der Waals surface area contributed by atoms with E-state index in [4.69, 9.17) is 5.73 Å². The molecule has 3 nitrogen and oxygen atoms in total. The average Bonchev–Trinajstić information content (AvgIpc) is 2.41. The van der Waals surface area contributed by atoms with Gasteiger partial charge in [0, 0.05) is 17.9 Å². The van der Waals surface area contributed by atoms with E-state index in [1.54, 1.807) is 4.90 Å². The molecule has 2 N–H and O–H groups in total. The molecule has 0 spiro atoms. The number of hydrogen-bond acceptors (Lipinski definition) is 2. The zero-order valence-electron chi connectivity index (χ0n) is 11.6. The molecule has 0 unspecified atom stereocenters. The number of halogens is 1. The molecule has 1 amide bonds. The van der Waals surface area contributed by atoms with Gasteiger partial charge in [0.25, 0.3) is 5.91 Å². The van der Waals surface area contributed by atoms with Crippen molar-refractivity contribution in [2.45, 2.75) is 13.8 Å². The van der Waals surface area contributed by atoms with Crippen LogP contribution in [0.3, 0.4) is 0 Å². The highest BCUT2D eigenvalue weighted by Gasteiger charge is 2.18. The predicted molar refractivity (Wildman–Crippen MR) is 79.3 cm³/mol. The second-order valence-electron chi connectivity index (χ2n) is 4.62. The van der Waals surface area contributed by atoms with Crippen LogP contribution in [0.15, 0.2) is 42.5 Å². The second kappa shape index (κ2) is 5.74. The van der Waals surface area contributed by atoms with Crippen LogP contribution < -0.4 is 10.6 Å². The van der Waals surface area contributed by atoms with Gasteiger partial charge < -0.3 is 10.6 Å². The van der Waals surface area contributed by atoms with Crippen LogP contribution in [0.25, 0.3) is 0 Å². The van der Waals surface area contributed by atoms with E-state index in [9.17, 15) is 9.18 Å². The van der Waals surface area contributed by atoms with Gasteiger partial charge in [0.15, 0.2) is 0 Å². The van der Waals surface area contributed by atoms with E-state index in [1.165, 1.54) is 12.1 Å². The first kappa shape index (κ1) is 14.1. The molecule has 0 radical (unpaired) electrons. The minimum Gasteiger partial charge on any atom is -0.398 e. The Bertz CT molecular complexity index is 623. The maximum absolute atomic E-state index is 13.1. The minimum atomic E-state index is -0.447. The Morgan fingerprint density at radius 2 is 1.85 bits per heavy atom. The summed E-state index contributed by atoms with van der Waals surface area (Å²) < 4.78 is 13.1. The van der Waals surface area contributed by atoms with Gasteiger partial charge in [-0.2, -0.15) is 0 Å². The first-order valence-corrected chi connectivity index (χ1v) is 6.46. The van der Waals surface area contributed by atoms with Gasteiger partial charge in [-0.1, -0.05) is 17.7 Å². The number of nitrogens with zero attached hydrogens (tertiary/aromatic N) is 1. The Kier molecular flexibility index (Phi) is 4.03. The Hall–Kier alpha value is -2.36. The van der Waals surface area contributed by atoms with E-state index in [0.29, 0.717) is 12.1 Å². The van der Waals surface area contributed by atoms with Crippen molar-refractivity contribution in [1.29, 1.82) is 0 Å². The summed E-state index contributed by atoms with van der Waals surface area (Å²) in [5.74, 6) is -0.675. The van der Waals surface area contributed by atoms with Crippen LogP contribution in [0, 0.1) is 12.7 Å². The smallest absolute Gasteiger partial charge is 0.260 e. The summed E-state index contributed by atoms with van der Waals surface area (Å²) in [5, 5.41) is 0. The molecule has 2 aromatic rings. The van der Waals surface area contributed by atoms with Gasteiger partial charge in [-0.05, 0) is 44.2 Å². The average molecular weight is 272 g/mol. The highest BCUT2D eigenvalue weighted by Crippen LogP contribution is 2.21. The van der Waals surface area contributed by atoms with E-state index >= 15 is 0 Å². The van der Waals surface area contributed by atoms with Crippen LogP contribution in [0.4, 0.5) is 15.8 Å². The van der Waals surface area contributed by atoms with E-state index in [1.807, 2.05) is 38.1 Å². The van der Waals surface area contributed by atoms with Gasteiger partial charge in [0.2, 0.25) is 0 Å². The van der Waals surface area contributed by atoms with Crippen LogP contribution in [-0.2, 0) is 0 Å². The quantitative estimate of drug-likeness (QED) is 0.871. The minimum absolute atomic E-state index is 0.153. The maximum atomic E-state index is 13.1. The summed E-state index contributed by atoms with van der Waals surface area (Å²) in [5.41, 5.74) is 8.12. The monoisotopic (exact) mass is 272 g/mol. The summed E-state index contributed by atoms with van der Waals surface area (Å²) in [4.78, 5) is 14.1. The number of aryl methyl sites for hydroxylation is 1. The molecule has 0 bridgehead atoms. The molecule has 0 fully saturated rings. The van der Waals surface area contributed by atoms with Crippen molar-refractivity contribution in [3.8, 4) is 0 Å². The summed E-state index contributed by atoms with van der Waals surface area (Å²) in [6.07, 6.45) is 0. The first-order chi connectivity index (χ1) is 9.52. The van der Waals surface area contributed by atoms with E-state index in [2.05, 4.69) is 0 Å². The lowest BCUT2D eigenvalue weighted by Gasteiger charge is -2.22. The fourth-order valence-electron chi connectivity index (χ4n) is 2.04. The number of hydrogen-bond donors (Lipinski definition) is 1. The molecular formula is C16H17FN2O. The van der Waals surface area contributed by atoms with Gasteiger partial charge in [-0.15, -0.1) is 0 Å². The standard InChI is InChI=1S/C16H17FN2O/c1-3-19(13-7-4-11(2)5-8-13)16(20)14-9-6-12(17)10-15(14)18/h4-10H,3,18H2,1-2H3. The summed E-state index contributed by atoms with van der Waals surface area (Å²) in [6.45, 7) is 4.38. The molecule has 0 saturated heterocycles. The van der Waals surface area contributed by atoms with Crippen molar-refractivity contribution in [2.75, 3.05) is 17.2 Å². The molecule has 20 heavy (non-hydrogen) atoms. The van der Waals surface area contributed by atoms with Crippen molar-refractivity contribution >= 4 is 17.3 Å². The fourth-order valence-corrected chi connectivity index (χ4v) is 2.04. The SMILES string of the molecule is CCN(C(=O)c1ccc(F)cc1N)c1ccc(C)cc1. The third kappa shape index (κ3) is 2.79. The number of nitrogen functional groups attached to an aromatic ring is 1. The van der Waals surface area contributed by atoms with Gasteiger partial charge in [0.05, 0.1) is 5.56 Å². The van der Waals surface area contributed by atoms with E-state index in [-0.39, 0.29) is 11.6 Å². The molecule has 104 valence electrons. The van der Waals surface area contributed by atoms with E-state index in [0.717, 1.165) is 17.3 Å².